The van der Waals surface area contributed by atoms with Gasteiger partial charge in [-0.15, -0.1) is 5.06 Å². The Labute approximate surface area is 77.5 Å². The minimum absolute atomic E-state index is 0.671. The Balaban J connectivity index is 1.90. The fraction of sp³-hybridized carbons (Fsp3) is 0.444. The van der Waals surface area contributed by atoms with Gasteiger partial charge in [-0.2, -0.15) is 0 Å². The van der Waals surface area contributed by atoms with Crippen molar-refractivity contribution in [3.63, 3.8) is 0 Å². The quantitative estimate of drug-likeness (QED) is 0.707. The molecule has 1 saturated heterocycles. The summed E-state index contributed by atoms with van der Waals surface area (Å²) in [5.74, 6) is 0.671. The molecule has 0 spiro atoms. The van der Waals surface area contributed by atoms with Crippen molar-refractivity contribution in [2.45, 2.75) is 0 Å². The molecule has 0 bridgehead atoms. The molecule has 0 unspecified atom stereocenters. The van der Waals surface area contributed by atoms with Crippen LogP contribution in [0.25, 0.3) is 0 Å². The lowest BCUT2D eigenvalue weighted by Gasteiger charge is -2.25. The standard InChI is InChI=1S/C9H13N3O/c1-2-4-11-9(3-1)13-12-7-5-10-6-8-12/h1-4,10H,5-8H2. The lowest BCUT2D eigenvalue weighted by molar-refractivity contribution is -0.0703. The zero-order valence-corrected chi connectivity index (χ0v) is 7.44. The van der Waals surface area contributed by atoms with Crippen LogP contribution in [0.3, 0.4) is 0 Å². The Hall–Kier alpha value is -1.13. The Morgan fingerprint density at radius 1 is 1.31 bits per heavy atom. The van der Waals surface area contributed by atoms with Crippen molar-refractivity contribution in [3.8, 4) is 5.88 Å². The highest BCUT2D eigenvalue weighted by atomic mass is 16.7. The highest BCUT2D eigenvalue weighted by Crippen LogP contribution is 2.06. The zero-order valence-electron chi connectivity index (χ0n) is 7.44. The van der Waals surface area contributed by atoms with E-state index in [2.05, 4.69) is 10.3 Å². The van der Waals surface area contributed by atoms with Crippen molar-refractivity contribution in [3.05, 3.63) is 24.4 Å². The second kappa shape index (κ2) is 4.20. The first kappa shape index (κ1) is 8.47. The van der Waals surface area contributed by atoms with Gasteiger partial charge in [0.05, 0.1) is 0 Å². The largest absolute Gasteiger partial charge is 0.386 e. The van der Waals surface area contributed by atoms with E-state index >= 15 is 0 Å². The number of nitrogens with one attached hydrogen (secondary N) is 1. The molecule has 2 rings (SSSR count). The molecule has 0 aliphatic carbocycles. The normalized spacial score (nSPS) is 18.5. The van der Waals surface area contributed by atoms with Crippen molar-refractivity contribution < 1.29 is 4.84 Å². The first-order chi connectivity index (χ1) is 6.45. The minimum Gasteiger partial charge on any atom is -0.386 e. The SMILES string of the molecule is c1ccc(ON2CCNCC2)nc1. The maximum atomic E-state index is 5.54. The van der Waals surface area contributed by atoms with E-state index in [4.69, 9.17) is 4.84 Å². The topological polar surface area (TPSA) is 37.4 Å². The summed E-state index contributed by atoms with van der Waals surface area (Å²) in [5, 5.41) is 5.19. The molecule has 1 aliphatic heterocycles. The van der Waals surface area contributed by atoms with Gasteiger partial charge in [0.25, 0.3) is 0 Å². The molecule has 0 aromatic carbocycles. The summed E-state index contributed by atoms with van der Waals surface area (Å²) >= 11 is 0. The summed E-state index contributed by atoms with van der Waals surface area (Å²) < 4.78 is 0. The molecule has 0 saturated carbocycles. The Kier molecular flexibility index (Phi) is 2.74. The molecule has 0 amide bonds. The van der Waals surface area contributed by atoms with Gasteiger partial charge in [-0.3, -0.25) is 0 Å². The predicted octanol–water partition coefficient (Wildman–Crippen LogP) is 0.281. The number of piperazine rings is 1. The average molecular weight is 179 g/mol. The van der Waals surface area contributed by atoms with E-state index in [1.807, 2.05) is 23.3 Å². The van der Waals surface area contributed by atoms with E-state index in [0.717, 1.165) is 26.2 Å². The van der Waals surface area contributed by atoms with Crippen LogP contribution in [0.1, 0.15) is 0 Å². The Morgan fingerprint density at radius 3 is 2.85 bits per heavy atom. The fourth-order valence-corrected chi connectivity index (χ4v) is 1.27. The van der Waals surface area contributed by atoms with Crippen molar-refractivity contribution in [2.24, 2.45) is 0 Å². The molecule has 1 aliphatic rings. The van der Waals surface area contributed by atoms with Gasteiger partial charge in [0, 0.05) is 38.4 Å². The van der Waals surface area contributed by atoms with Gasteiger partial charge in [0.2, 0.25) is 5.88 Å². The lowest BCUT2D eigenvalue weighted by Crippen LogP contribution is -2.45. The minimum atomic E-state index is 0.671. The first-order valence-corrected chi connectivity index (χ1v) is 4.50. The van der Waals surface area contributed by atoms with Gasteiger partial charge < -0.3 is 10.2 Å². The third-order valence-electron chi connectivity index (χ3n) is 1.94. The Morgan fingerprint density at radius 2 is 2.15 bits per heavy atom. The second-order valence-corrected chi connectivity index (χ2v) is 2.94. The number of nitrogens with zero attached hydrogens (tertiary/aromatic N) is 2. The summed E-state index contributed by atoms with van der Waals surface area (Å²) in [7, 11) is 0. The van der Waals surface area contributed by atoms with Crippen LogP contribution in [0.4, 0.5) is 0 Å². The predicted molar refractivity (Wildman–Crippen MR) is 49.3 cm³/mol. The molecular weight excluding hydrogens is 166 g/mol. The van der Waals surface area contributed by atoms with E-state index in [1.165, 1.54) is 0 Å². The van der Waals surface area contributed by atoms with Gasteiger partial charge in [0.15, 0.2) is 0 Å². The number of aromatic nitrogens is 1. The van der Waals surface area contributed by atoms with E-state index in [-0.39, 0.29) is 0 Å². The van der Waals surface area contributed by atoms with E-state index in [0.29, 0.717) is 5.88 Å². The highest BCUT2D eigenvalue weighted by Gasteiger charge is 2.10. The van der Waals surface area contributed by atoms with Gasteiger partial charge in [0.1, 0.15) is 0 Å². The number of hydrogen-bond donors (Lipinski definition) is 1. The number of rotatable bonds is 2. The van der Waals surface area contributed by atoms with Crippen molar-refractivity contribution in [2.75, 3.05) is 26.2 Å². The Bertz CT molecular complexity index is 246. The molecule has 0 atom stereocenters. The number of pyridine rings is 1. The van der Waals surface area contributed by atoms with Crippen LogP contribution in [0, 0.1) is 0 Å². The smallest absolute Gasteiger partial charge is 0.238 e. The first-order valence-electron chi connectivity index (χ1n) is 4.50. The number of hydroxylamine groups is 2. The molecule has 4 nitrogen and oxygen atoms in total. The van der Waals surface area contributed by atoms with Gasteiger partial charge in [-0.05, 0) is 6.07 Å². The molecule has 1 aromatic rings. The summed E-state index contributed by atoms with van der Waals surface area (Å²) in [6.07, 6.45) is 1.73. The van der Waals surface area contributed by atoms with Crippen LogP contribution >= 0.6 is 0 Å². The monoisotopic (exact) mass is 179 g/mol. The summed E-state index contributed by atoms with van der Waals surface area (Å²) in [4.78, 5) is 9.63. The molecule has 13 heavy (non-hydrogen) atoms. The van der Waals surface area contributed by atoms with Crippen LogP contribution < -0.4 is 10.2 Å². The third-order valence-corrected chi connectivity index (χ3v) is 1.94. The molecule has 4 heteroatoms. The summed E-state index contributed by atoms with van der Waals surface area (Å²) in [6, 6.07) is 5.66. The number of hydrogen-bond acceptors (Lipinski definition) is 4. The average Bonchev–Trinajstić information content (AvgIpc) is 2.21. The van der Waals surface area contributed by atoms with Gasteiger partial charge in [-0.1, -0.05) is 6.07 Å². The maximum Gasteiger partial charge on any atom is 0.238 e. The van der Waals surface area contributed by atoms with Crippen LogP contribution in [-0.4, -0.2) is 36.2 Å². The maximum absolute atomic E-state index is 5.54. The zero-order chi connectivity index (χ0) is 8.93. The van der Waals surface area contributed by atoms with Crippen LogP contribution in [0.5, 0.6) is 5.88 Å². The van der Waals surface area contributed by atoms with Crippen LogP contribution in [0.2, 0.25) is 0 Å². The van der Waals surface area contributed by atoms with E-state index in [1.54, 1.807) is 6.20 Å². The second-order valence-electron chi connectivity index (χ2n) is 2.94. The van der Waals surface area contributed by atoms with E-state index in [9.17, 15) is 0 Å². The third kappa shape index (κ3) is 2.40. The molecule has 1 N–H and O–H groups in total. The molecule has 70 valence electrons. The van der Waals surface area contributed by atoms with Crippen molar-refractivity contribution in [1.82, 2.24) is 15.4 Å². The molecule has 2 heterocycles. The van der Waals surface area contributed by atoms with E-state index < -0.39 is 0 Å². The van der Waals surface area contributed by atoms with Gasteiger partial charge in [-0.25, -0.2) is 4.98 Å². The summed E-state index contributed by atoms with van der Waals surface area (Å²) in [6.45, 7) is 3.78. The fourth-order valence-electron chi connectivity index (χ4n) is 1.27. The van der Waals surface area contributed by atoms with Crippen LogP contribution in [0.15, 0.2) is 24.4 Å². The lowest BCUT2D eigenvalue weighted by atomic mass is 10.4. The molecule has 1 fully saturated rings. The summed E-state index contributed by atoms with van der Waals surface area (Å²) in [5.41, 5.74) is 0. The van der Waals surface area contributed by atoms with Crippen molar-refractivity contribution >= 4 is 0 Å². The molecule has 0 radical (unpaired) electrons. The van der Waals surface area contributed by atoms with Crippen molar-refractivity contribution in [1.29, 1.82) is 0 Å². The van der Waals surface area contributed by atoms with Gasteiger partial charge >= 0.3 is 0 Å². The van der Waals surface area contributed by atoms with Crippen LogP contribution in [-0.2, 0) is 0 Å². The molecule has 1 aromatic heterocycles. The molecular formula is C9H13N3O. The highest BCUT2D eigenvalue weighted by molar-refractivity contribution is 5.08.